The number of hydrogen-bond donors (Lipinski definition) is 0. The van der Waals surface area contributed by atoms with Gasteiger partial charge in [-0.15, -0.1) is 0 Å². The number of halogens is 1. The van der Waals surface area contributed by atoms with Gasteiger partial charge in [0.05, 0.1) is 0 Å². The van der Waals surface area contributed by atoms with Crippen molar-refractivity contribution in [2.75, 3.05) is 0 Å². The van der Waals surface area contributed by atoms with Gasteiger partial charge in [0.25, 0.3) is 0 Å². The van der Waals surface area contributed by atoms with Crippen molar-refractivity contribution in [1.82, 2.24) is 0 Å². The highest BCUT2D eigenvalue weighted by Gasteiger charge is 2.00. The van der Waals surface area contributed by atoms with E-state index in [1.165, 1.54) is 5.56 Å². The average molecular weight is 241 g/mol. The normalized spacial score (nSPS) is 12.2. The molecule has 0 fully saturated rings. The molecule has 0 spiro atoms. The van der Waals surface area contributed by atoms with E-state index in [1.54, 1.807) is 6.08 Å². The molecule has 1 aromatic rings. The summed E-state index contributed by atoms with van der Waals surface area (Å²) in [6, 6.07) is 5.93. The quantitative estimate of drug-likeness (QED) is 0.733. The predicted octanol–water partition coefficient (Wildman–Crippen LogP) is 3.71. The van der Waals surface area contributed by atoms with Gasteiger partial charge in [-0.05, 0) is 37.6 Å². The van der Waals surface area contributed by atoms with Gasteiger partial charge in [-0.3, -0.25) is 0 Å². The van der Waals surface area contributed by atoms with Crippen LogP contribution < -0.4 is 4.74 Å². The topological polar surface area (TPSA) is 9.23 Å². The second-order valence-corrected chi connectivity index (χ2v) is 3.82. The fourth-order valence-corrected chi connectivity index (χ4v) is 1.20. The number of benzene rings is 1. The lowest BCUT2D eigenvalue weighted by Gasteiger charge is -2.11. The van der Waals surface area contributed by atoms with Crippen LogP contribution in [0.4, 0.5) is 0 Å². The molecule has 1 rings (SSSR count). The van der Waals surface area contributed by atoms with Crippen LogP contribution in [0.3, 0.4) is 0 Å². The Morgan fingerprint density at radius 2 is 2.23 bits per heavy atom. The van der Waals surface area contributed by atoms with Crippen LogP contribution in [0.2, 0.25) is 0 Å². The lowest BCUT2D eigenvalue weighted by atomic mass is 10.2. The third-order valence-corrected chi connectivity index (χ3v) is 2.67. The Bertz CT molecular complexity index is 307. The third-order valence-electron chi connectivity index (χ3n) is 1.78. The third kappa shape index (κ3) is 2.88. The van der Waals surface area contributed by atoms with Crippen molar-refractivity contribution in [3.8, 4) is 5.75 Å². The van der Waals surface area contributed by atoms with Crippen LogP contribution in [0, 0.1) is 6.92 Å². The van der Waals surface area contributed by atoms with Crippen LogP contribution in [-0.4, -0.2) is 6.10 Å². The Morgan fingerprint density at radius 1 is 1.54 bits per heavy atom. The zero-order chi connectivity index (χ0) is 9.84. The van der Waals surface area contributed by atoms with Gasteiger partial charge in [-0.25, -0.2) is 0 Å². The molecule has 1 nitrogen and oxygen atoms in total. The number of ether oxygens (including phenoxy) is 1. The Labute approximate surface area is 87.5 Å². The summed E-state index contributed by atoms with van der Waals surface area (Å²) in [5.74, 6) is 0.883. The molecule has 0 saturated heterocycles. The molecule has 1 unspecified atom stereocenters. The first-order valence-corrected chi connectivity index (χ1v) is 4.98. The van der Waals surface area contributed by atoms with Gasteiger partial charge >= 0.3 is 0 Å². The Hall–Kier alpha value is -0.760. The van der Waals surface area contributed by atoms with Gasteiger partial charge in [0.15, 0.2) is 0 Å². The van der Waals surface area contributed by atoms with Crippen molar-refractivity contribution in [2.24, 2.45) is 0 Å². The minimum absolute atomic E-state index is 0.0561. The van der Waals surface area contributed by atoms with E-state index in [0.29, 0.717) is 0 Å². The Kier molecular flexibility index (Phi) is 3.55. The number of rotatable bonds is 3. The van der Waals surface area contributed by atoms with Crippen molar-refractivity contribution >= 4 is 15.9 Å². The summed E-state index contributed by atoms with van der Waals surface area (Å²) >= 11 is 3.44. The van der Waals surface area contributed by atoms with Gasteiger partial charge in [-0.1, -0.05) is 28.6 Å². The lowest BCUT2D eigenvalue weighted by molar-refractivity contribution is 0.270. The van der Waals surface area contributed by atoms with Gasteiger partial charge in [0.1, 0.15) is 11.9 Å². The first-order chi connectivity index (χ1) is 6.13. The van der Waals surface area contributed by atoms with Crippen LogP contribution in [0.1, 0.15) is 12.5 Å². The molecular formula is C11H13BrO. The van der Waals surface area contributed by atoms with E-state index in [1.807, 2.05) is 32.0 Å². The van der Waals surface area contributed by atoms with Crippen molar-refractivity contribution in [2.45, 2.75) is 20.0 Å². The Balaban J connectivity index is 2.79. The van der Waals surface area contributed by atoms with Crippen molar-refractivity contribution in [1.29, 1.82) is 0 Å². The molecule has 70 valence electrons. The number of hydrogen-bond acceptors (Lipinski definition) is 1. The largest absolute Gasteiger partial charge is 0.487 e. The fraction of sp³-hybridized carbons (Fsp3) is 0.273. The molecule has 0 N–H and O–H groups in total. The van der Waals surface area contributed by atoms with Gasteiger partial charge in [0.2, 0.25) is 0 Å². The standard InChI is InChI=1S/C11H13BrO/c1-4-9(3)13-10-5-6-11(12)8(2)7-10/h4-7,9H,1H2,2-3H3. The summed E-state index contributed by atoms with van der Waals surface area (Å²) in [4.78, 5) is 0. The van der Waals surface area contributed by atoms with E-state index in [-0.39, 0.29) is 6.10 Å². The lowest BCUT2D eigenvalue weighted by Crippen LogP contribution is -2.07. The smallest absolute Gasteiger partial charge is 0.120 e. The molecule has 0 amide bonds. The molecule has 2 heteroatoms. The SMILES string of the molecule is C=CC(C)Oc1ccc(Br)c(C)c1. The molecule has 0 aliphatic carbocycles. The minimum Gasteiger partial charge on any atom is -0.487 e. The second-order valence-electron chi connectivity index (χ2n) is 2.97. The summed E-state index contributed by atoms with van der Waals surface area (Å²) in [6.07, 6.45) is 1.83. The van der Waals surface area contributed by atoms with Crippen LogP contribution in [0.25, 0.3) is 0 Å². The molecule has 1 atom stereocenters. The molecule has 0 aliphatic heterocycles. The summed E-state index contributed by atoms with van der Waals surface area (Å²) in [7, 11) is 0. The zero-order valence-corrected chi connectivity index (χ0v) is 9.47. The van der Waals surface area contributed by atoms with Crippen LogP contribution in [0.5, 0.6) is 5.75 Å². The molecular weight excluding hydrogens is 228 g/mol. The maximum absolute atomic E-state index is 5.56. The van der Waals surface area contributed by atoms with E-state index >= 15 is 0 Å². The summed E-state index contributed by atoms with van der Waals surface area (Å²) in [5.41, 5.74) is 1.17. The molecule has 13 heavy (non-hydrogen) atoms. The first-order valence-electron chi connectivity index (χ1n) is 4.19. The monoisotopic (exact) mass is 240 g/mol. The molecule has 1 aromatic carbocycles. The van der Waals surface area contributed by atoms with Gasteiger partial charge < -0.3 is 4.74 Å². The summed E-state index contributed by atoms with van der Waals surface area (Å²) in [5, 5.41) is 0. The highest BCUT2D eigenvalue weighted by atomic mass is 79.9. The van der Waals surface area contributed by atoms with E-state index in [0.717, 1.165) is 10.2 Å². The number of aryl methyl sites for hydroxylation is 1. The van der Waals surface area contributed by atoms with E-state index in [2.05, 4.69) is 22.5 Å². The van der Waals surface area contributed by atoms with Crippen molar-refractivity contribution in [3.63, 3.8) is 0 Å². The molecule has 0 aliphatic rings. The highest BCUT2D eigenvalue weighted by molar-refractivity contribution is 9.10. The molecule has 0 saturated carbocycles. The first kappa shape index (κ1) is 10.3. The maximum atomic E-state index is 5.56. The van der Waals surface area contributed by atoms with Crippen molar-refractivity contribution < 1.29 is 4.74 Å². The van der Waals surface area contributed by atoms with Gasteiger partial charge in [-0.2, -0.15) is 0 Å². The molecule has 0 aromatic heterocycles. The fourth-order valence-electron chi connectivity index (χ4n) is 0.953. The van der Waals surface area contributed by atoms with Crippen molar-refractivity contribution in [3.05, 3.63) is 40.9 Å². The van der Waals surface area contributed by atoms with Crippen LogP contribution >= 0.6 is 15.9 Å². The molecule has 0 heterocycles. The van der Waals surface area contributed by atoms with E-state index in [9.17, 15) is 0 Å². The molecule has 0 bridgehead atoms. The minimum atomic E-state index is 0.0561. The second kappa shape index (κ2) is 4.47. The summed E-state index contributed by atoms with van der Waals surface area (Å²) < 4.78 is 6.66. The highest BCUT2D eigenvalue weighted by Crippen LogP contribution is 2.22. The van der Waals surface area contributed by atoms with Gasteiger partial charge in [0, 0.05) is 4.47 Å². The summed E-state index contributed by atoms with van der Waals surface area (Å²) in [6.45, 7) is 7.66. The predicted molar refractivity (Wildman–Crippen MR) is 59.2 cm³/mol. The van der Waals surface area contributed by atoms with E-state index in [4.69, 9.17) is 4.74 Å². The van der Waals surface area contributed by atoms with E-state index < -0.39 is 0 Å². The van der Waals surface area contributed by atoms with Crippen LogP contribution in [0.15, 0.2) is 35.3 Å². The molecule has 0 radical (unpaired) electrons. The zero-order valence-electron chi connectivity index (χ0n) is 7.88. The van der Waals surface area contributed by atoms with Crippen LogP contribution in [-0.2, 0) is 0 Å². The average Bonchev–Trinajstić information content (AvgIpc) is 2.11. The maximum Gasteiger partial charge on any atom is 0.120 e. The Morgan fingerprint density at radius 3 is 2.77 bits per heavy atom.